The fourth-order valence-electron chi connectivity index (χ4n) is 3.30. The molecule has 0 unspecified atom stereocenters. The number of halogens is 3. The summed E-state index contributed by atoms with van der Waals surface area (Å²) < 4.78 is 48.5. The predicted molar refractivity (Wildman–Crippen MR) is 86.7 cm³/mol. The number of rotatable bonds is 3. The lowest BCUT2D eigenvalue weighted by atomic mass is 10.0. The largest absolute Gasteiger partial charge is 0.486 e. The van der Waals surface area contributed by atoms with Gasteiger partial charge in [0.05, 0.1) is 0 Å². The highest BCUT2D eigenvalue weighted by molar-refractivity contribution is 5.82. The van der Waals surface area contributed by atoms with Crippen molar-refractivity contribution in [2.45, 2.75) is 31.6 Å². The summed E-state index contributed by atoms with van der Waals surface area (Å²) >= 11 is 0. The first kappa shape index (κ1) is 19.1. The monoisotopic (exact) mass is 388 g/mol. The van der Waals surface area contributed by atoms with Gasteiger partial charge in [0.2, 0.25) is 0 Å². The van der Waals surface area contributed by atoms with Gasteiger partial charge in [-0.2, -0.15) is 13.2 Å². The Kier molecular flexibility index (Phi) is 5.33. The molecule has 1 aromatic carbocycles. The van der Waals surface area contributed by atoms with E-state index in [9.17, 15) is 27.9 Å². The first-order chi connectivity index (χ1) is 12.8. The molecule has 0 aliphatic carbocycles. The Morgan fingerprint density at radius 3 is 2.37 bits per heavy atom. The smallest absolute Gasteiger partial charge is 0.471 e. The van der Waals surface area contributed by atoms with Gasteiger partial charge in [0, 0.05) is 25.7 Å². The normalized spacial score (nSPS) is 17.5. The van der Waals surface area contributed by atoms with E-state index in [0.717, 1.165) is 4.90 Å². The number of carboxylic acid groups (broad SMARTS) is 1. The zero-order chi connectivity index (χ0) is 19.6. The molecular weight excluding hydrogens is 369 g/mol. The molecule has 2 aliphatic rings. The van der Waals surface area contributed by atoms with Gasteiger partial charge in [-0.1, -0.05) is 6.07 Å². The number of fused-ring (bicyclic) bond motifs is 1. The number of benzene rings is 1. The van der Waals surface area contributed by atoms with Gasteiger partial charge in [0.15, 0.2) is 11.5 Å². The summed E-state index contributed by atoms with van der Waals surface area (Å²) in [6.07, 6.45) is -5.77. The Morgan fingerprint density at radius 2 is 1.78 bits per heavy atom. The number of piperidine rings is 1. The summed E-state index contributed by atoms with van der Waals surface area (Å²) in [4.78, 5) is 24.9. The SMILES string of the molecule is O=C(O)N(Cc1ccc2c(c1)OCCO2)C1CCN(C(=O)C(F)(F)F)CC1. The molecule has 1 N–H and O–H groups in total. The van der Waals surface area contributed by atoms with Crippen LogP contribution in [-0.4, -0.2) is 65.4 Å². The number of alkyl halides is 3. The number of nitrogens with zero attached hydrogens (tertiary/aromatic N) is 2. The number of hydrogen-bond acceptors (Lipinski definition) is 4. The van der Waals surface area contributed by atoms with Crippen LogP contribution < -0.4 is 9.47 Å². The first-order valence-electron chi connectivity index (χ1n) is 8.50. The van der Waals surface area contributed by atoms with Crippen LogP contribution >= 0.6 is 0 Å². The van der Waals surface area contributed by atoms with Gasteiger partial charge < -0.3 is 24.4 Å². The Morgan fingerprint density at radius 1 is 1.15 bits per heavy atom. The minimum absolute atomic E-state index is 0.0733. The molecule has 0 spiro atoms. The van der Waals surface area contributed by atoms with Crippen molar-refractivity contribution < 1.29 is 37.3 Å². The second-order valence-electron chi connectivity index (χ2n) is 6.41. The third kappa shape index (κ3) is 4.37. The van der Waals surface area contributed by atoms with Crippen molar-refractivity contribution in [1.82, 2.24) is 9.80 Å². The molecule has 27 heavy (non-hydrogen) atoms. The lowest BCUT2D eigenvalue weighted by Crippen LogP contribution is -2.51. The third-order valence-electron chi connectivity index (χ3n) is 4.64. The van der Waals surface area contributed by atoms with Crippen LogP contribution in [0.5, 0.6) is 11.5 Å². The molecule has 2 amide bonds. The average Bonchev–Trinajstić information content (AvgIpc) is 2.64. The van der Waals surface area contributed by atoms with Gasteiger partial charge in [-0.3, -0.25) is 4.79 Å². The van der Waals surface area contributed by atoms with E-state index in [4.69, 9.17) is 9.47 Å². The number of ether oxygens (including phenoxy) is 2. The van der Waals surface area contributed by atoms with Crippen LogP contribution in [0.2, 0.25) is 0 Å². The second-order valence-corrected chi connectivity index (χ2v) is 6.41. The van der Waals surface area contributed by atoms with Crippen molar-refractivity contribution in [3.8, 4) is 11.5 Å². The molecule has 0 bridgehead atoms. The highest BCUT2D eigenvalue weighted by Gasteiger charge is 2.43. The molecule has 1 aromatic rings. The van der Waals surface area contributed by atoms with Crippen LogP contribution in [0.1, 0.15) is 18.4 Å². The van der Waals surface area contributed by atoms with Gasteiger partial charge in [0.25, 0.3) is 0 Å². The molecule has 0 atom stereocenters. The van der Waals surface area contributed by atoms with Crippen molar-refractivity contribution in [3.63, 3.8) is 0 Å². The zero-order valence-corrected chi connectivity index (χ0v) is 14.4. The van der Waals surface area contributed by atoms with Gasteiger partial charge in [-0.15, -0.1) is 0 Å². The van der Waals surface area contributed by atoms with E-state index >= 15 is 0 Å². The second kappa shape index (κ2) is 7.53. The molecule has 0 saturated carbocycles. The van der Waals surface area contributed by atoms with Gasteiger partial charge in [-0.05, 0) is 30.5 Å². The number of hydrogen-bond donors (Lipinski definition) is 1. The summed E-state index contributed by atoms with van der Waals surface area (Å²) in [7, 11) is 0. The Bertz CT molecular complexity index is 717. The number of carbonyl (C=O) groups excluding carboxylic acids is 1. The summed E-state index contributed by atoms with van der Waals surface area (Å²) in [5.41, 5.74) is 0.690. The van der Waals surface area contributed by atoms with E-state index in [1.807, 2.05) is 0 Å². The number of likely N-dealkylation sites (tertiary alicyclic amines) is 1. The van der Waals surface area contributed by atoms with Gasteiger partial charge >= 0.3 is 18.2 Å². The topological polar surface area (TPSA) is 79.3 Å². The van der Waals surface area contributed by atoms with Crippen molar-refractivity contribution in [3.05, 3.63) is 23.8 Å². The molecule has 10 heteroatoms. The molecule has 0 radical (unpaired) electrons. The Balaban J connectivity index is 1.65. The van der Waals surface area contributed by atoms with Crippen molar-refractivity contribution in [2.75, 3.05) is 26.3 Å². The van der Waals surface area contributed by atoms with E-state index < -0.39 is 24.2 Å². The van der Waals surface area contributed by atoms with Crippen molar-refractivity contribution in [1.29, 1.82) is 0 Å². The number of carbonyl (C=O) groups is 2. The van der Waals surface area contributed by atoms with Crippen molar-refractivity contribution >= 4 is 12.0 Å². The molecule has 2 heterocycles. The standard InChI is InChI=1S/C17H19F3N2O5/c18-17(19,20)15(23)21-5-3-12(4-6-21)22(16(24)25)10-11-1-2-13-14(9-11)27-8-7-26-13/h1-2,9,12H,3-8,10H2,(H,24,25). The molecule has 3 rings (SSSR count). The molecule has 0 aromatic heterocycles. The molecule has 1 fully saturated rings. The summed E-state index contributed by atoms with van der Waals surface area (Å²) in [5, 5.41) is 9.54. The van der Waals surface area contributed by atoms with E-state index in [2.05, 4.69) is 0 Å². The average molecular weight is 388 g/mol. The Hall–Kier alpha value is -2.65. The van der Waals surface area contributed by atoms with E-state index in [-0.39, 0.29) is 32.5 Å². The maximum absolute atomic E-state index is 12.5. The minimum atomic E-state index is -4.91. The zero-order valence-electron chi connectivity index (χ0n) is 14.4. The van der Waals surface area contributed by atoms with Crippen LogP contribution in [0.4, 0.5) is 18.0 Å². The molecular formula is C17H19F3N2O5. The third-order valence-corrected chi connectivity index (χ3v) is 4.64. The molecule has 148 valence electrons. The summed E-state index contributed by atoms with van der Waals surface area (Å²) in [5.74, 6) is -0.754. The molecule has 1 saturated heterocycles. The summed E-state index contributed by atoms with van der Waals surface area (Å²) in [6.45, 7) is 0.666. The Labute approximate surface area is 153 Å². The first-order valence-corrected chi connectivity index (χ1v) is 8.50. The summed E-state index contributed by atoms with van der Waals surface area (Å²) in [6, 6.07) is 4.67. The minimum Gasteiger partial charge on any atom is -0.486 e. The highest BCUT2D eigenvalue weighted by Crippen LogP contribution is 2.32. The van der Waals surface area contributed by atoms with Crippen molar-refractivity contribution in [2.24, 2.45) is 0 Å². The van der Waals surface area contributed by atoms with Gasteiger partial charge in [0.1, 0.15) is 13.2 Å². The lowest BCUT2D eigenvalue weighted by molar-refractivity contribution is -0.186. The fraction of sp³-hybridized carbons (Fsp3) is 0.529. The maximum atomic E-state index is 12.5. The lowest BCUT2D eigenvalue weighted by Gasteiger charge is -2.37. The van der Waals surface area contributed by atoms with Crippen LogP contribution in [0, 0.1) is 0 Å². The van der Waals surface area contributed by atoms with Gasteiger partial charge in [-0.25, -0.2) is 4.79 Å². The van der Waals surface area contributed by atoms with E-state index in [1.54, 1.807) is 18.2 Å². The van der Waals surface area contributed by atoms with Crippen LogP contribution in [0.25, 0.3) is 0 Å². The highest BCUT2D eigenvalue weighted by atomic mass is 19.4. The number of amides is 2. The van der Waals surface area contributed by atoms with E-state index in [0.29, 0.717) is 30.3 Å². The van der Waals surface area contributed by atoms with Crippen LogP contribution in [-0.2, 0) is 11.3 Å². The molecule has 2 aliphatic heterocycles. The quantitative estimate of drug-likeness (QED) is 0.861. The fourth-order valence-corrected chi connectivity index (χ4v) is 3.30. The van der Waals surface area contributed by atoms with Crippen LogP contribution in [0.3, 0.4) is 0 Å². The van der Waals surface area contributed by atoms with E-state index in [1.165, 1.54) is 4.90 Å². The van der Waals surface area contributed by atoms with Crippen LogP contribution in [0.15, 0.2) is 18.2 Å². The maximum Gasteiger partial charge on any atom is 0.471 e. The predicted octanol–water partition coefficient (Wildman–Crippen LogP) is 2.49. The molecule has 7 nitrogen and oxygen atoms in total.